The van der Waals surface area contributed by atoms with E-state index in [-0.39, 0.29) is 24.5 Å². The second-order valence-electron chi connectivity index (χ2n) is 5.91. The SMILES string of the molecule is CC(C)C(CCO)NC(=O)C1CCCCCCC1. The molecule has 1 rings (SSSR count). The lowest BCUT2D eigenvalue weighted by atomic mass is 9.90. The molecule has 3 heteroatoms. The molecule has 0 saturated heterocycles. The van der Waals surface area contributed by atoms with Crippen LogP contribution in [-0.2, 0) is 4.79 Å². The van der Waals surface area contributed by atoms with E-state index in [0.29, 0.717) is 12.3 Å². The fourth-order valence-electron chi connectivity index (χ4n) is 2.73. The molecule has 2 N–H and O–H groups in total. The van der Waals surface area contributed by atoms with Crippen LogP contribution < -0.4 is 5.32 Å². The summed E-state index contributed by atoms with van der Waals surface area (Å²) >= 11 is 0. The Morgan fingerprint density at radius 3 is 2.22 bits per heavy atom. The minimum absolute atomic E-state index is 0.118. The third kappa shape index (κ3) is 5.38. The van der Waals surface area contributed by atoms with Crippen LogP contribution in [0.1, 0.15) is 65.2 Å². The Bertz CT molecular complexity index is 233. The summed E-state index contributed by atoms with van der Waals surface area (Å²) in [4.78, 5) is 12.3. The first kappa shape index (κ1) is 15.5. The van der Waals surface area contributed by atoms with Crippen LogP contribution in [0.25, 0.3) is 0 Å². The zero-order valence-corrected chi connectivity index (χ0v) is 12.0. The van der Waals surface area contributed by atoms with E-state index in [2.05, 4.69) is 19.2 Å². The van der Waals surface area contributed by atoms with Gasteiger partial charge in [-0.05, 0) is 25.2 Å². The lowest BCUT2D eigenvalue weighted by Gasteiger charge is -2.25. The average molecular weight is 255 g/mol. The summed E-state index contributed by atoms with van der Waals surface area (Å²) in [5.41, 5.74) is 0. The lowest BCUT2D eigenvalue weighted by Crippen LogP contribution is -2.42. The van der Waals surface area contributed by atoms with E-state index < -0.39 is 0 Å². The summed E-state index contributed by atoms with van der Waals surface area (Å²) in [6.07, 6.45) is 8.98. The Labute approximate surface area is 111 Å². The van der Waals surface area contributed by atoms with E-state index >= 15 is 0 Å². The van der Waals surface area contributed by atoms with Crippen LogP contribution in [0, 0.1) is 11.8 Å². The van der Waals surface area contributed by atoms with Crippen LogP contribution in [0.2, 0.25) is 0 Å². The van der Waals surface area contributed by atoms with E-state index in [4.69, 9.17) is 5.11 Å². The molecular formula is C15H29NO2. The van der Waals surface area contributed by atoms with Gasteiger partial charge in [-0.15, -0.1) is 0 Å². The monoisotopic (exact) mass is 255 g/mol. The van der Waals surface area contributed by atoms with Crippen LogP contribution >= 0.6 is 0 Å². The minimum atomic E-state index is 0.118. The average Bonchev–Trinajstić information content (AvgIpc) is 2.27. The smallest absolute Gasteiger partial charge is 0.223 e. The highest BCUT2D eigenvalue weighted by molar-refractivity contribution is 5.78. The van der Waals surface area contributed by atoms with Crippen molar-refractivity contribution < 1.29 is 9.90 Å². The number of hydrogen-bond donors (Lipinski definition) is 2. The zero-order chi connectivity index (χ0) is 13.4. The lowest BCUT2D eigenvalue weighted by molar-refractivity contribution is -0.126. The molecule has 0 spiro atoms. The molecule has 0 aromatic carbocycles. The zero-order valence-electron chi connectivity index (χ0n) is 12.0. The molecule has 1 amide bonds. The Balaban J connectivity index is 2.45. The van der Waals surface area contributed by atoms with E-state index in [9.17, 15) is 4.79 Å². The first-order valence-corrected chi connectivity index (χ1v) is 7.56. The minimum Gasteiger partial charge on any atom is -0.396 e. The number of aliphatic hydroxyl groups excluding tert-OH is 1. The first-order chi connectivity index (χ1) is 8.65. The maximum atomic E-state index is 12.3. The van der Waals surface area contributed by atoms with Gasteiger partial charge in [0.25, 0.3) is 0 Å². The van der Waals surface area contributed by atoms with Crippen LogP contribution in [0.15, 0.2) is 0 Å². The fraction of sp³-hybridized carbons (Fsp3) is 0.933. The Kier molecular flexibility index (Phi) is 7.33. The molecule has 0 aromatic heterocycles. The van der Waals surface area contributed by atoms with Gasteiger partial charge in [0.05, 0.1) is 0 Å². The normalized spacial score (nSPS) is 20.2. The van der Waals surface area contributed by atoms with Gasteiger partial charge in [0.2, 0.25) is 5.91 Å². The number of hydrogen-bond acceptors (Lipinski definition) is 2. The first-order valence-electron chi connectivity index (χ1n) is 7.56. The fourth-order valence-corrected chi connectivity index (χ4v) is 2.73. The molecule has 106 valence electrons. The number of carbonyl (C=O) groups is 1. The van der Waals surface area contributed by atoms with Gasteiger partial charge in [-0.3, -0.25) is 4.79 Å². The number of carbonyl (C=O) groups excluding carboxylic acids is 1. The highest BCUT2D eigenvalue weighted by Gasteiger charge is 2.23. The van der Waals surface area contributed by atoms with Gasteiger partial charge in [-0.2, -0.15) is 0 Å². The van der Waals surface area contributed by atoms with Crippen molar-refractivity contribution in [3.8, 4) is 0 Å². The van der Waals surface area contributed by atoms with Crippen molar-refractivity contribution >= 4 is 5.91 Å². The molecule has 1 unspecified atom stereocenters. The molecule has 3 nitrogen and oxygen atoms in total. The van der Waals surface area contributed by atoms with E-state index in [1.165, 1.54) is 32.1 Å². The highest BCUT2D eigenvalue weighted by Crippen LogP contribution is 2.23. The van der Waals surface area contributed by atoms with E-state index in [0.717, 1.165) is 12.8 Å². The Hall–Kier alpha value is -0.570. The number of aliphatic hydroxyl groups is 1. The number of nitrogens with one attached hydrogen (secondary N) is 1. The molecule has 0 radical (unpaired) electrons. The van der Waals surface area contributed by atoms with Gasteiger partial charge >= 0.3 is 0 Å². The summed E-state index contributed by atoms with van der Waals surface area (Å²) in [7, 11) is 0. The molecule has 18 heavy (non-hydrogen) atoms. The Morgan fingerprint density at radius 1 is 1.17 bits per heavy atom. The van der Waals surface area contributed by atoms with E-state index in [1.807, 2.05) is 0 Å². The molecular weight excluding hydrogens is 226 g/mol. The number of amides is 1. The van der Waals surface area contributed by atoms with Crippen molar-refractivity contribution in [3.05, 3.63) is 0 Å². The van der Waals surface area contributed by atoms with Crippen LogP contribution in [0.3, 0.4) is 0 Å². The van der Waals surface area contributed by atoms with Gasteiger partial charge in [0, 0.05) is 18.6 Å². The van der Waals surface area contributed by atoms with Gasteiger partial charge < -0.3 is 10.4 Å². The standard InChI is InChI=1S/C15H29NO2/c1-12(2)14(10-11-17)16-15(18)13-8-6-4-3-5-7-9-13/h12-14,17H,3-11H2,1-2H3,(H,16,18). The maximum Gasteiger partial charge on any atom is 0.223 e. The second kappa shape index (κ2) is 8.52. The molecule has 1 aliphatic rings. The Morgan fingerprint density at radius 2 is 1.72 bits per heavy atom. The van der Waals surface area contributed by atoms with Gasteiger partial charge in [-0.1, -0.05) is 46.0 Å². The molecule has 1 atom stereocenters. The largest absolute Gasteiger partial charge is 0.396 e. The summed E-state index contributed by atoms with van der Waals surface area (Å²) in [6.45, 7) is 4.34. The highest BCUT2D eigenvalue weighted by atomic mass is 16.3. The summed E-state index contributed by atoms with van der Waals surface area (Å²) < 4.78 is 0. The van der Waals surface area contributed by atoms with Crippen molar-refractivity contribution in [2.24, 2.45) is 11.8 Å². The quantitative estimate of drug-likeness (QED) is 0.793. The summed E-state index contributed by atoms with van der Waals surface area (Å²) in [5, 5.41) is 12.2. The van der Waals surface area contributed by atoms with Gasteiger partial charge in [-0.25, -0.2) is 0 Å². The topological polar surface area (TPSA) is 49.3 Å². The predicted octanol–water partition coefficient (Wildman–Crippen LogP) is 2.87. The molecule has 0 aromatic rings. The number of rotatable bonds is 5. The van der Waals surface area contributed by atoms with Crippen molar-refractivity contribution in [2.45, 2.75) is 71.3 Å². The maximum absolute atomic E-state index is 12.3. The molecule has 1 aliphatic carbocycles. The molecule has 1 fully saturated rings. The van der Waals surface area contributed by atoms with Crippen molar-refractivity contribution in [1.82, 2.24) is 5.32 Å². The van der Waals surface area contributed by atoms with Gasteiger partial charge in [0.15, 0.2) is 0 Å². The molecule has 1 saturated carbocycles. The molecule has 0 aliphatic heterocycles. The van der Waals surface area contributed by atoms with Crippen molar-refractivity contribution in [1.29, 1.82) is 0 Å². The second-order valence-corrected chi connectivity index (χ2v) is 5.91. The van der Waals surface area contributed by atoms with Crippen LogP contribution in [-0.4, -0.2) is 23.7 Å². The summed E-state index contributed by atoms with van der Waals surface area (Å²) in [6, 6.07) is 0.118. The third-order valence-electron chi connectivity index (χ3n) is 4.05. The van der Waals surface area contributed by atoms with Crippen molar-refractivity contribution in [2.75, 3.05) is 6.61 Å². The molecule has 0 heterocycles. The predicted molar refractivity (Wildman–Crippen MR) is 74.3 cm³/mol. The third-order valence-corrected chi connectivity index (χ3v) is 4.05. The van der Waals surface area contributed by atoms with E-state index in [1.54, 1.807) is 0 Å². The van der Waals surface area contributed by atoms with Gasteiger partial charge in [0.1, 0.15) is 0 Å². The summed E-state index contributed by atoms with van der Waals surface area (Å²) in [5.74, 6) is 0.795. The van der Waals surface area contributed by atoms with Crippen LogP contribution in [0.4, 0.5) is 0 Å². The molecule has 0 bridgehead atoms. The van der Waals surface area contributed by atoms with Crippen LogP contribution in [0.5, 0.6) is 0 Å². The van der Waals surface area contributed by atoms with Crippen molar-refractivity contribution in [3.63, 3.8) is 0 Å².